The number of likely N-dealkylation sites (N-methyl/N-ethyl adjacent to an activating group) is 1. The van der Waals surface area contributed by atoms with E-state index in [0.717, 1.165) is 32.7 Å². The highest BCUT2D eigenvalue weighted by molar-refractivity contribution is 7.09. The number of urea groups is 1. The third-order valence-electron chi connectivity index (χ3n) is 4.05. The molecule has 0 spiro atoms. The van der Waals surface area contributed by atoms with Gasteiger partial charge in [-0.2, -0.15) is 0 Å². The van der Waals surface area contributed by atoms with Gasteiger partial charge in [-0.1, -0.05) is 6.07 Å². The van der Waals surface area contributed by atoms with Crippen LogP contribution in [0.1, 0.15) is 25.6 Å². The fraction of sp³-hybridized carbons (Fsp3) is 0.667. The molecule has 146 valence electrons. The van der Waals surface area contributed by atoms with Gasteiger partial charge in [-0.25, -0.2) is 9.59 Å². The smallest absolute Gasteiger partial charge is 0.410 e. The summed E-state index contributed by atoms with van der Waals surface area (Å²) < 4.78 is 5.29. The van der Waals surface area contributed by atoms with E-state index in [9.17, 15) is 9.59 Å². The first-order valence-electron chi connectivity index (χ1n) is 8.96. The minimum absolute atomic E-state index is 0.0710. The van der Waals surface area contributed by atoms with Crippen LogP contribution in [-0.4, -0.2) is 78.7 Å². The van der Waals surface area contributed by atoms with Gasteiger partial charge < -0.3 is 19.9 Å². The van der Waals surface area contributed by atoms with Crippen molar-refractivity contribution in [3.05, 3.63) is 22.4 Å². The van der Waals surface area contributed by atoms with Gasteiger partial charge in [-0.15, -0.1) is 11.3 Å². The largest absolute Gasteiger partial charge is 0.444 e. The topological polar surface area (TPSA) is 65.1 Å². The molecule has 2 rings (SSSR count). The molecule has 1 fully saturated rings. The molecule has 2 heterocycles. The Balaban J connectivity index is 1.63. The van der Waals surface area contributed by atoms with Gasteiger partial charge in [-0.05, 0) is 32.2 Å². The number of piperazine rings is 1. The minimum atomic E-state index is -0.516. The van der Waals surface area contributed by atoms with E-state index >= 15 is 0 Å². The van der Waals surface area contributed by atoms with Crippen molar-refractivity contribution in [2.45, 2.75) is 32.9 Å². The highest BCUT2D eigenvalue weighted by Crippen LogP contribution is 2.13. The standard InChI is InChI=1S/C18H30N4O3S/c1-18(2,3)25-17(24)20(4)8-7-19-16(23)22-11-9-21(10-12-22)14-15-6-5-13-26-15/h5-6,13H,7-12,14H2,1-4H3,(H,19,23). The zero-order valence-electron chi connectivity index (χ0n) is 16.2. The monoisotopic (exact) mass is 382 g/mol. The number of hydrogen-bond donors (Lipinski definition) is 1. The Morgan fingerprint density at radius 2 is 1.96 bits per heavy atom. The van der Waals surface area contributed by atoms with Gasteiger partial charge in [0.15, 0.2) is 0 Å². The van der Waals surface area contributed by atoms with E-state index in [1.165, 1.54) is 9.78 Å². The molecule has 0 saturated carbocycles. The normalized spacial score (nSPS) is 15.6. The summed E-state index contributed by atoms with van der Waals surface area (Å²) in [5.41, 5.74) is -0.516. The first-order chi connectivity index (χ1) is 12.2. The molecule has 7 nitrogen and oxygen atoms in total. The fourth-order valence-corrected chi connectivity index (χ4v) is 3.35. The lowest BCUT2D eigenvalue weighted by atomic mass is 10.2. The van der Waals surface area contributed by atoms with Crippen LogP contribution in [-0.2, 0) is 11.3 Å². The number of rotatable bonds is 5. The van der Waals surface area contributed by atoms with Crippen LogP contribution in [0.5, 0.6) is 0 Å². The van der Waals surface area contributed by atoms with Crippen LogP contribution in [0.15, 0.2) is 17.5 Å². The van der Waals surface area contributed by atoms with Crippen LogP contribution in [0.2, 0.25) is 0 Å². The van der Waals surface area contributed by atoms with Crippen molar-refractivity contribution in [1.29, 1.82) is 0 Å². The first-order valence-corrected chi connectivity index (χ1v) is 9.84. The Hall–Kier alpha value is -1.80. The summed E-state index contributed by atoms with van der Waals surface area (Å²) in [7, 11) is 1.67. The highest BCUT2D eigenvalue weighted by Gasteiger charge is 2.22. The van der Waals surface area contributed by atoms with Gasteiger partial charge in [0.05, 0.1) is 0 Å². The molecule has 0 aliphatic carbocycles. The summed E-state index contributed by atoms with van der Waals surface area (Å²) >= 11 is 1.77. The SMILES string of the molecule is CN(CCNC(=O)N1CCN(Cc2cccs2)CC1)C(=O)OC(C)(C)C. The molecular formula is C18H30N4O3S. The Bertz CT molecular complexity index is 578. The Morgan fingerprint density at radius 1 is 1.27 bits per heavy atom. The van der Waals surface area contributed by atoms with Crippen LogP contribution in [0.4, 0.5) is 9.59 Å². The average Bonchev–Trinajstić information content (AvgIpc) is 3.06. The molecule has 0 aromatic carbocycles. The number of amides is 3. The molecule has 1 N–H and O–H groups in total. The summed E-state index contributed by atoms with van der Waals surface area (Å²) in [4.78, 5) is 31.2. The predicted octanol–water partition coefficient (Wildman–Crippen LogP) is 2.44. The first kappa shape index (κ1) is 20.5. The van der Waals surface area contributed by atoms with Crippen molar-refractivity contribution in [3.8, 4) is 0 Å². The van der Waals surface area contributed by atoms with Gasteiger partial charge >= 0.3 is 12.1 Å². The zero-order chi connectivity index (χ0) is 19.2. The number of thiophene rings is 1. The lowest BCUT2D eigenvalue weighted by molar-refractivity contribution is 0.0300. The average molecular weight is 383 g/mol. The fourth-order valence-electron chi connectivity index (χ4n) is 2.61. The number of carbonyl (C=O) groups is 2. The molecule has 0 atom stereocenters. The molecule has 1 aromatic rings. The van der Waals surface area contributed by atoms with Crippen LogP contribution in [0.25, 0.3) is 0 Å². The van der Waals surface area contributed by atoms with E-state index in [1.807, 2.05) is 25.7 Å². The van der Waals surface area contributed by atoms with E-state index in [4.69, 9.17) is 4.74 Å². The second kappa shape index (κ2) is 9.23. The van der Waals surface area contributed by atoms with E-state index < -0.39 is 5.60 Å². The van der Waals surface area contributed by atoms with E-state index in [-0.39, 0.29) is 12.1 Å². The second-order valence-corrected chi connectivity index (χ2v) is 8.51. The maximum Gasteiger partial charge on any atom is 0.410 e. The number of nitrogens with one attached hydrogen (secondary N) is 1. The maximum atomic E-state index is 12.3. The van der Waals surface area contributed by atoms with Gasteiger partial charge in [0, 0.05) is 57.7 Å². The van der Waals surface area contributed by atoms with Crippen molar-refractivity contribution in [1.82, 2.24) is 20.0 Å². The molecule has 0 bridgehead atoms. The molecule has 0 radical (unpaired) electrons. The van der Waals surface area contributed by atoms with Crippen LogP contribution in [0, 0.1) is 0 Å². The van der Waals surface area contributed by atoms with E-state index in [1.54, 1.807) is 18.4 Å². The zero-order valence-corrected chi connectivity index (χ0v) is 17.0. The molecule has 1 aliphatic rings. The number of ether oxygens (including phenoxy) is 1. The van der Waals surface area contributed by atoms with Gasteiger partial charge in [0.1, 0.15) is 5.60 Å². The number of carbonyl (C=O) groups excluding carboxylic acids is 2. The third-order valence-corrected chi connectivity index (χ3v) is 4.91. The molecule has 1 aromatic heterocycles. The third kappa shape index (κ3) is 6.84. The van der Waals surface area contributed by atoms with Crippen LogP contribution in [0.3, 0.4) is 0 Å². The van der Waals surface area contributed by atoms with Gasteiger partial charge in [0.2, 0.25) is 0 Å². The second-order valence-electron chi connectivity index (χ2n) is 7.48. The summed E-state index contributed by atoms with van der Waals surface area (Å²) in [5, 5.41) is 4.97. The van der Waals surface area contributed by atoms with Crippen molar-refractivity contribution in [2.75, 3.05) is 46.3 Å². The molecule has 1 saturated heterocycles. The molecule has 0 unspecified atom stereocenters. The summed E-state index contributed by atoms with van der Waals surface area (Å²) in [6.07, 6.45) is -0.381. The highest BCUT2D eigenvalue weighted by atomic mass is 32.1. The van der Waals surface area contributed by atoms with Gasteiger partial charge in [0.25, 0.3) is 0 Å². The van der Waals surface area contributed by atoms with E-state index in [2.05, 4.69) is 27.7 Å². The van der Waals surface area contributed by atoms with Gasteiger partial charge in [-0.3, -0.25) is 4.90 Å². The van der Waals surface area contributed by atoms with Crippen molar-refractivity contribution < 1.29 is 14.3 Å². The van der Waals surface area contributed by atoms with Crippen molar-refractivity contribution in [3.63, 3.8) is 0 Å². The van der Waals surface area contributed by atoms with Crippen molar-refractivity contribution in [2.24, 2.45) is 0 Å². The summed E-state index contributed by atoms with van der Waals surface area (Å²) in [6.45, 7) is 10.5. The molecular weight excluding hydrogens is 352 g/mol. The van der Waals surface area contributed by atoms with Crippen LogP contribution >= 0.6 is 11.3 Å². The maximum absolute atomic E-state index is 12.3. The Labute approximate surface area is 159 Å². The Morgan fingerprint density at radius 3 is 2.54 bits per heavy atom. The molecule has 1 aliphatic heterocycles. The predicted molar refractivity (Wildman–Crippen MR) is 103 cm³/mol. The number of nitrogens with zero attached hydrogens (tertiary/aromatic N) is 3. The minimum Gasteiger partial charge on any atom is -0.444 e. The molecule has 26 heavy (non-hydrogen) atoms. The number of hydrogen-bond acceptors (Lipinski definition) is 5. The summed E-state index contributed by atoms with van der Waals surface area (Å²) in [6, 6.07) is 4.14. The lowest BCUT2D eigenvalue weighted by Gasteiger charge is -2.34. The quantitative estimate of drug-likeness (QED) is 0.850. The summed E-state index contributed by atoms with van der Waals surface area (Å²) in [5.74, 6) is 0. The Kier molecular flexibility index (Phi) is 7.28. The molecule has 8 heteroatoms. The van der Waals surface area contributed by atoms with E-state index in [0.29, 0.717) is 13.1 Å². The lowest BCUT2D eigenvalue weighted by Crippen LogP contribution is -2.52. The van der Waals surface area contributed by atoms with Crippen LogP contribution < -0.4 is 5.32 Å². The van der Waals surface area contributed by atoms with Crippen molar-refractivity contribution >= 4 is 23.5 Å². The molecule has 3 amide bonds.